The van der Waals surface area contributed by atoms with Crippen molar-refractivity contribution in [1.29, 1.82) is 0 Å². The molecule has 3 aliphatic rings. The van der Waals surface area contributed by atoms with Gasteiger partial charge in [-0.05, 0) is 65.9 Å². The Hall–Kier alpha value is -2.72. The number of ether oxygens (including phenoxy) is 1. The molecule has 43 heavy (non-hydrogen) atoms. The van der Waals surface area contributed by atoms with Crippen LogP contribution in [0.4, 0.5) is 0 Å². The van der Waals surface area contributed by atoms with Gasteiger partial charge in [0.2, 0.25) is 0 Å². The van der Waals surface area contributed by atoms with Gasteiger partial charge in [0.1, 0.15) is 11.2 Å². The number of fused-ring (bicyclic) bond motifs is 1. The molecular formula is C40H56O3. The van der Waals surface area contributed by atoms with Crippen LogP contribution in [-0.2, 0) is 4.74 Å². The van der Waals surface area contributed by atoms with Gasteiger partial charge in [-0.15, -0.1) is 0 Å². The Morgan fingerprint density at radius 3 is 1.77 bits per heavy atom. The molecule has 2 fully saturated rings. The zero-order valence-electron chi connectivity index (χ0n) is 28.3. The van der Waals surface area contributed by atoms with Crippen LogP contribution in [0.3, 0.4) is 0 Å². The largest absolute Gasteiger partial charge is 0.393 e. The van der Waals surface area contributed by atoms with Crippen molar-refractivity contribution in [3.63, 3.8) is 0 Å². The van der Waals surface area contributed by atoms with E-state index in [0.29, 0.717) is 12.3 Å². The third-order valence-electron chi connectivity index (χ3n) is 9.43. The minimum atomic E-state index is -0.333. The zero-order chi connectivity index (χ0) is 32.1. The van der Waals surface area contributed by atoms with Gasteiger partial charge in [0.05, 0.1) is 12.2 Å². The Bertz CT molecular complexity index is 1320. The number of hydrogen-bond acceptors (Lipinski definition) is 3. The first-order valence-corrected chi connectivity index (χ1v) is 15.8. The van der Waals surface area contributed by atoms with E-state index in [9.17, 15) is 10.2 Å². The second kappa shape index (κ2) is 13.9. The number of hydrogen-bond donors (Lipinski definition) is 2. The average Bonchev–Trinajstić information content (AvgIpc) is 3.49. The topological polar surface area (TPSA) is 53.0 Å². The molecule has 0 bridgehead atoms. The lowest BCUT2D eigenvalue weighted by Gasteiger charge is -2.39. The first kappa shape index (κ1) is 34.8. The molecule has 234 valence electrons. The standard InChI is InChI=1S/C40H56O3/c1-29(17-13-19-31(3)21-22-36-33(5)25-34(41)26-37(36,6)7)15-11-12-16-30(2)18-14-20-32(4)23-24-40-38(8,9)27-35(42)28-39(40,10)43-40/h11-25,34-36,41-42H,26-28H2,1-10H3/b12-11+,17-13+,18-14+,22-21+,24-23+,29-15+,30-16-,31-19+,32-20-/t34-,35+,36-,39+,40-/m1/s1. The summed E-state index contributed by atoms with van der Waals surface area (Å²) in [5.74, 6) is 0.345. The number of allylic oxidation sites excluding steroid dienone is 18. The third-order valence-corrected chi connectivity index (χ3v) is 9.43. The average molecular weight is 585 g/mol. The highest BCUT2D eigenvalue weighted by molar-refractivity contribution is 5.37. The van der Waals surface area contributed by atoms with Crippen LogP contribution in [0.15, 0.2) is 119 Å². The van der Waals surface area contributed by atoms with E-state index in [2.05, 4.69) is 154 Å². The van der Waals surface area contributed by atoms with Gasteiger partial charge in [0, 0.05) is 17.8 Å². The summed E-state index contributed by atoms with van der Waals surface area (Å²) in [6.07, 6.45) is 33.5. The van der Waals surface area contributed by atoms with E-state index < -0.39 is 0 Å². The predicted molar refractivity (Wildman–Crippen MR) is 184 cm³/mol. The van der Waals surface area contributed by atoms with Gasteiger partial charge in [0.25, 0.3) is 0 Å². The monoisotopic (exact) mass is 584 g/mol. The van der Waals surface area contributed by atoms with E-state index >= 15 is 0 Å². The summed E-state index contributed by atoms with van der Waals surface area (Å²) >= 11 is 0. The summed E-state index contributed by atoms with van der Waals surface area (Å²) in [5.41, 5.74) is 5.38. The van der Waals surface area contributed by atoms with Gasteiger partial charge in [-0.3, -0.25) is 0 Å². The molecule has 0 unspecified atom stereocenters. The molecule has 3 heteroatoms. The van der Waals surface area contributed by atoms with Gasteiger partial charge in [-0.1, -0.05) is 141 Å². The molecule has 0 aromatic rings. The summed E-state index contributed by atoms with van der Waals surface area (Å²) in [7, 11) is 0. The predicted octanol–water partition coefficient (Wildman–Crippen LogP) is 9.61. The van der Waals surface area contributed by atoms with Crippen molar-refractivity contribution in [3.8, 4) is 0 Å². The van der Waals surface area contributed by atoms with Crippen LogP contribution in [0.1, 0.15) is 88.5 Å². The molecule has 3 nitrogen and oxygen atoms in total. The minimum absolute atomic E-state index is 0.0547. The number of rotatable bonds is 10. The fourth-order valence-electron chi connectivity index (χ4n) is 7.07. The lowest BCUT2D eigenvalue weighted by Crippen LogP contribution is -2.46. The maximum absolute atomic E-state index is 10.2. The summed E-state index contributed by atoms with van der Waals surface area (Å²) in [6, 6.07) is 0. The Morgan fingerprint density at radius 1 is 0.721 bits per heavy atom. The van der Waals surface area contributed by atoms with Gasteiger partial charge < -0.3 is 14.9 Å². The summed E-state index contributed by atoms with van der Waals surface area (Å²) < 4.78 is 6.25. The van der Waals surface area contributed by atoms with Crippen LogP contribution >= 0.6 is 0 Å². The Labute approximate surface area is 262 Å². The molecule has 3 rings (SSSR count). The van der Waals surface area contributed by atoms with E-state index in [4.69, 9.17) is 4.74 Å². The van der Waals surface area contributed by atoms with Crippen molar-refractivity contribution in [3.05, 3.63) is 119 Å². The molecule has 2 N–H and O–H groups in total. The SMILES string of the molecule is CC1=C[C@@H](O)CC(C)(C)[C@@H]1/C=C/C(C)=C/C=C/C(C)=C/C=C/C=C(C)\C=C\C=C(C)/C=C/[C@]12O[C@@]1(C)C[C@@H](O)CC2(C)C. The fourth-order valence-corrected chi connectivity index (χ4v) is 7.07. The molecule has 2 aliphatic carbocycles. The first-order valence-electron chi connectivity index (χ1n) is 15.8. The molecule has 0 aromatic heterocycles. The molecule has 5 atom stereocenters. The van der Waals surface area contributed by atoms with Crippen molar-refractivity contribution in [1.82, 2.24) is 0 Å². The van der Waals surface area contributed by atoms with Crippen molar-refractivity contribution < 1.29 is 14.9 Å². The molecule has 0 aromatic carbocycles. The Kier molecular flexibility index (Phi) is 11.3. The smallest absolute Gasteiger partial charge is 0.121 e. The van der Waals surface area contributed by atoms with Crippen LogP contribution < -0.4 is 0 Å². The van der Waals surface area contributed by atoms with E-state index in [-0.39, 0.29) is 34.2 Å². The van der Waals surface area contributed by atoms with Crippen molar-refractivity contribution in [2.45, 2.75) is 112 Å². The number of epoxide rings is 1. The summed E-state index contributed by atoms with van der Waals surface area (Å²) in [4.78, 5) is 0. The third kappa shape index (κ3) is 8.91. The lowest BCUT2D eigenvalue weighted by atomic mass is 9.63. The quantitative estimate of drug-likeness (QED) is 0.153. The molecule has 1 saturated carbocycles. The molecular weight excluding hydrogens is 528 g/mol. The highest BCUT2D eigenvalue weighted by Gasteiger charge is 2.74. The molecule has 1 saturated heterocycles. The maximum atomic E-state index is 10.2. The molecule has 1 heterocycles. The summed E-state index contributed by atoms with van der Waals surface area (Å²) in [6.45, 7) is 21.5. The van der Waals surface area contributed by atoms with E-state index in [1.807, 2.05) is 6.08 Å². The second-order valence-corrected chi connectivity index (χ2v) is 14.6. The number of aliphatic hydroxyl groups is 2. The molecule has 1 aliphatic heterocycles. The van der Waals surface area contributed by atoms with Crippen LogP contribution in [0.2, 0.25) is 0 Å². The van der Waals surface area contributed by atoms with Crippen molar-refractivity contribution in [2.24, 2.45) is 16.7 Å². The highest BCUT2D eigenvalue weighted by Crippen LogP contribution is 2.66. The van der Waals surface area contributed by atoms with Crippen LogP contribution in [-0.4, -0.2) is 33.6 Å². The zero-order valence-corrected chi connectivity index (χ0v) is 28.3. The van der Waals surface area contributed by atoms with Crippen molar-refractivity contribution >= 4 is 0 Å². The van der Waals surface area contributed by atoms with Crippen LogP contribution in [0.25, 0.3) is 0 Å². The second-order valence-electron chi connectivity index (χ2n) is 14.6. The van der Waals surface area contributed by atoms with E-state index in [1.165, 1.54) is 27.9 Å². The maximum Gasteiger partial charge on any atom is 0.121 e. The van der Waals surface area contributed by atoms with Gasteiger partial charge in [-0.25, -0.2) is 0 Å². The van der Waals surface area contributed by atoms with Crippen LogP contribution in [0.5, 0.6) is 0 Å². The first-order chi connectivity index (χ1) is 20.0. The van der Waals surface area contributed by atoms with Gasteiger partial charge in [0.15, 0.2) is 0 Å². The Balaban J connectivity index is 1.49. The van der Waals surface area contributed by atoms with Gasteiger partial charge >= 0.3 is 0 Å². The number of aliphatic hydroxyl groups excluding tert-OH is 2. The lowest BCUT2D eigenvalue weighted by molar-refractivity contribution is 0.0515. The van der Waals surface area contributed by atoms with E-state index in [0.717, 1.165) is 12.8 Å². The highest BCUT2D eigenvalue weighted by atomic mass is 16.6. The van der Waals surface area contributed by atoms with E-state index in [1.54, 1.807) is 0 Å². The minimum Gasteiger partial charge on any atom is -0.393 e. The molecule has 0 amide bonds. The van der Waals surface area contributed by atoms with Crippen molar-refractivity contribution in [2.75, 3.05) is 0 Å². The summed E-state index contributed by atoms with van der Waals surface area (Å²) in [5, 5.41) is 20.3. The molecule has 0 radical (unpaired) electrons. The van der Waals surface area contributed by atoms with Crippen LogP contribution in [0, 0.1) is 16.7 Å². The molecule has 0 spiro atoms. The fraction of sp³-hybridized carbons (Fsp3) is 0.500. The van der Waals surface area contributed by atoms with Gasteiger partial charge in [-0.2, -0.15) is 0 Å². The Morgan fingerprint density at radius 2 is 1.23 bits per heavy atom. The normalized spacial score (nSPS) is 33.8.